The lowest BCUT2D eigenvalue weighted by molar-refractivity contribution is -0.134. The number of carbonyl (C=O) groups is 1. The maximum atomic E-state index is 13.1. The molecule has 1 aliphatic carbocycles. The molecular formula is C18H24BrClN2OS. The van der Waals surface area contributed by atoms with Gasteiger partial charge in [-0.2, -0.15) is 0 Å². The van der Waals surface area contributed by atoms with Crippen LogP contribution in [0, 0.1) is 11.3 Å². The van der Waals surface area contributed by atoms with Gasteiger partial charge in [-0.1, -0.05) is 15.9 Å². The Morgan fingerprint density at radius 2 is 2.12 bits per heavy atom. The molecule has 24 heavy (non-hydrogen) atoms. The highest BCUT2D eigenvalue weighted by Gasteiger charge is 2.58. The number of nitrogens with zero attached hydrogens (tertiary/aromatic N) is 1. The van der Waals surface area contributed by atoms with Crippen molar-refractivity contribution in [2.24, 2.45) is 11.3 Å². The van der Waals surface area contributed by atoms with Gasteiger partial charge in [-0.05, 0) is 68.0 Å². The van der Waals surface area contributed by atoms with E-state index in [-0.39, 0.29) is 24.4 Å². The standard InChI is InChI=1S/C18H23BrN2OS.ClH/c1-21(17(22)14-11-18(14)5-7-20-8-6-18)15-4-9-23-16-3-2-12(19)10-13(15)16;/h2-3,10,14-15,20H,4-9,11H2,1H3;1H. The third-order valence-electron chi connectivity index (χ3n) is 5.88. The molecule has 2 aliphatic heterocycles. The SMILES string of the molecule is CN(C(=O)C1CC12CCNCC2)C1CCSc2ccc(Br)cc21.Cl. The zero-order chi connectivity index (χ0) is 16.0. The van der Waals surface area contributed by atoms with Crippen molar-refractivity contribution < 1.29 is 4.79 Å². The van der Waals surface area contributed by atoms with Gasteiger partial charge in [-0.15, -0.1) is 24.2 Å². The molecule has 2 fully saturated rings. The van der Waals surface area contributed by atoms with E-state index in [1.807, 2.05) is 23.7 Å². The highest BCUT2D eigenvalue weighted by Crippen LogP contribution is 2.59. The minimum atomic E-state index is 0. The van der Waals surface area contributed by atoms with Crippen LogP contribution >= 0.6 is 40.1 Å². The minimum Gasteiger partial charge on any atom is -0.338 e. The summed E-state index contributed by atoms with van der Waals surface area (Å²) in [5.74, 6) is 1.73. The van der Waals surface area contributed by atoms with Crippen LogP contribution in [-0.2, 0) is 4.79 Å². The summed E-state index contributed by atoms with van der Waals surface area (Å²) >= 11 is 5.49. The molecule has 0 aromatic heterocycles. The van der Waals surface area contributed by atoms with E-state index in [0.717, 1.165) is 36.2 Å². The molecule has 3 nitrogen and oxygen atoms in total. The number of carbonyl (C=O) groups excluding carboxylic acids is 1. The predicted octanol–water partition coefficient (Wildman–Crippen LogP) is 4.26. The molecule has 6 heteroatoms. The summed E-state index contributed by atoms with van der Waals surface area (Å²) in [5, 5.41) is 3.42. The Morgan fingerprint density at radius 3 is 2.88 bits per heavy atom. The quantitative estimate of drug-likeness (QED) is 0.759. The van der Waals surface area contributed by atoms with E-state index in [9.17, 15) is 4.79 Å². The topological polar surface area (TPSA) is 32.3 Å². The molecule has 1 spiro atoms. The smallest absolute Gasteiger partial charge is 0.226 e. The molecule has 1 amide bonds. The highest BCUT2D eigenvalue weighted by atomic mass is 79.9. The number of piperidine rings is 1. The van der Waals surface area contributed by atoms with E-state index in [2.05, 4.69) is 39.4 Å². The maximum Gasteiger partial charge on any atom is 0.226 e. The first-order valence-corrected chi connectivity index (χ1v) is 10.3. The summed E-state index contributed by atoms with van der Waals surface area (Å²) in [7, 11) is 2.01. The molecular weight excluding hydrogens is 408 g/mol. The van der Waals surface area contributed by atoms with Gasteiger partial charge >= 0.3 is 0 Å². The Labute approximate surface area is 162 Å². The van der Waals surface area contributed by atoms with Crippen LogP contribution in [-0.4, -0.2) is 36.7 Å². The second-order valence-corrected chi connectivity index (χ2v) is 9.21. The number of halogens is 2. The van der Waals surface area contributed by atoms with E-state index in [0.29, 0.717) is 11.3 Å². The van der Waals surface area contributed by atoms with Gasteiger partial charge in [-0.25, -0.2) is 0 Å². The molecule has 0 bridgehead atoms. The van der Waals surface area contributed by atoms with E-state index >= 15 is 0 Å². The number of hydrogen-bond acceptors (Lipinski definition) is 3. The summed E-state index contributed by atoms with van der Waals surface area (Å²) in [6.07, 6.45) is 4.49. The molecule has 2 unspecified atom stereocenters. The monoisotopic (exact) mass is 430 g/mol. The van der Waals surface area contributed by atoms with Crippen LogP contribution in [0.3, 0.4) is 0 Å². The lowest BCUT2D eigenvalue weighted by Gasteiger charge is -2.34. The molecule has 2 atom stereocenters. The number of rotatable bonds is 2. The van der Waals surface area contributed by atoms with Gasteiger partial charge in [0.1, 0.15) is 0 Å². The van der Waals surface area contributed by atoms with Crippen molar-refractivity contribution in [3.05, 3.63) is 28.2 Å². The molecule has 1 saturated heterocycles. The van der Waals surface area contributed by atoms with Gasteiger partial charge in [0.05, 0.1) is 6.04 Å². The molecule has 3 aliphatic rings. The molecule has 1 N–H and O–H groups in total. The minimum absolute atomic E-state index is 0. The maximum absolute atomic E-state index is 13.1. The molecule has 1 aromatic carbocycles. The summed E-state index contributed by atoms with van der Waals surface area (Å²) in [6.45, 7) is 2.15. The first-order valence-electron chi connectivity index (χ1n) is 8.50. The Hall–Kier alpha value is -0.230. The van der Waals surface area contributed by atoms with E-state index in [4.69, 9.17) is 0 Å². The summed E-state index contributed by atoms with van der Waals surface area (Å²) in [6, 6.07) is 6.71. The number of benzene rings is 1. The Bertz CT molecular complexity index is 635. The van der Waals surface area contributed by atoms with E-state index in [1.54, 1.807) is 0 Å². The van der Waals surface area contributed by atoms with Crippen LogP contribution in [0.25, 0.3) is 0 Å². The molecule has 2 heterocycles. The van der Waals surface area contributed by atoms with Crippen LogP contribution in [0.5, 0.6) is 0 Å². The van der Waals surface area contributed by atoms with Gasteiger partial charge in [0.15, 0.2) is 0 Å². The van der Waals surface area contributed by atoms with Gasteiger partial charge in [0, 0.05) is 28.1 Å². The second-order valence-electron chi connectivity index (χ2n) is 7.15. The van der Waals surface area contributed by atoms with Crippen molar-refractivity contribution in [3.8, 4) is 0 Å². The predicted molar refractivity (Wildman–Crippen MR) is 105 cm³/mol. The van der Waals surface area contributed by atoms with E-state index < -0.39 is 0 Å². The third kappa shape index (κ3) is 3.25. The van der Waals surface area contributed by atoms with E-state index in [1.165, 1.54) is 23.3 Å². The van der Waals surface area contributed by atoms with Gasteiger partial charge in [0.25, 0.3) is 0 Å². The summed E-state index contributed by atoms with van der Waals surface area (Å²) in [5.41, 5.74) is 1.63. The van der Waals surface area contributed by atoms with Crippen LogP contribution in [0.2, 0.25) is 0 Å². The van der Waals surface area contributed by atoms with Gasteiger partial charge in [0.2, 0.25) is 5.91 Å². The van der Waals surface area contributed by atoms with Crippen LogP contribution < -0.4 is 5.32 Å². The van der Waals surface area contributed by atoms with Crippen molar-refractivity contribution in [2.45, 2.75) is 36.6 Å². The van der Waals surface area contributed by atoms with Crippen LogP contribution in [0.4, 0.5) is 0 Å². The molecule has 132 valence electrons. The van der Waals surface area contributed by atoms with Crippen molar-refractivity contribution >= 4 is 46.0 Å². The Kier molecular flexibility index (Phi) is 5.55. The fourth-order valence-electron chi connectivity index (χ4n) is 4.32. The van der Waals surface area contributed by atoms with Crippen LogP contribution in [0.15, 0.2) is 27.6 Å². The largest absolute Gasteiger partial charge is 0.338 e. The number of thioether (sulfide) groups is 1. The molecule has 4 rings (SSSR count). The molecule has 1 saturated carbocycles. The average Bonchev–Trinajstić information content (AvgIpc) is 3.26. The fourth-order valence-corrected chi connectivity index (χ4v) is 5.79. The number of nitrogens with one attached hydrogen (secondary N) is 1. The third-order valence-corrected chi connectivity index (χ3v) is 7.50. The van der Waals surface area contributed by atoms with Crippen molar-refractivity contribution in [1.82, 2.24) is 10.2 Å². The van der Waals surface area contributed by atoms with Gasteiger partial charge < -0.3 is 10.2 Å². The highest BCUT2D eigenvalue weighted by molar-refractivity contribution is 9.10. The lowest BCUT2D eigenvalue weighted by atomic mass is 9.91. The van der Waals surface area contributed by atoms with Gasteiger partial charge in [-0.3, -0.25) is 4.79 Å². The number of amides is 1. The summed E-state index contributed by atoms with van der Waals surface area (Å²) in [4.78, 5) is 16.4. The normalized spacial score (nSPS) is 27.1. The fraction of sp³-hybridized carbons (Fsp3) is 0.611. The van der Waals surface area contributed by atoms with Crippen molar-refractivity contribution in [1.29, 1.82) is 0 Å². The molecule has 0 radical (unpaired) electrons. The molecule has 1 aromatic rings. The Balaban J connectivity index is 0.00000169. The van der Waals surface area contributed by atoms with Crippen molar-refractivity contribution in [3.63, 3.8) is 0 Å². The first-order chi connectivity index (χ1) is 11.1. The Morgan fingerprint density at radius 1 is 1.38 bits per heavy atom. The average molecular weight is 432 g/mol. The van der Waals surface area contributed by atoms with Crippen molar-refractivity contribution in [2.75, 3.05) is 25.9 Å². The lowest BCUT2D eigenvalue weighted by Crippen LogP contribution is -2.37. The summed E-state index contributed by atoms with van der Waals surface area (Å²) < 4.78 is 1.10. The number of hydrogen-bond donors (Lipinski definition) is 1. The second kappa shape index (κ2) is 7.18. The first kappa shape index (κ1) is 18.6. The number of fused-ring (bicyclic) bond motifs is 1. The zero-order valence-corrected chi connectivity index (χ0v) is 17.1. The van der Waals surface area contributed by atoms with Crippen LogP contribution in [0.1, 0.15) is 37.3 Å². The zero-order valence-electron chi connectivity index (χ0n) is 13.9.